The van der Waals surface area contributed by atoms with Gasteiger partial charge in [0.2, 0.25) is 0 Å². The van der Waals surface area contributed by atoms with Gasteiger partial charge in [0.15, 0.2) is 0 Å². The van der Waals surface area contributed by atoms with Crippen LogP contribution in [0.3, 0.4) is 0 Å². The molecule has 4 heteroatoms. The molecule has 0 fully saturated rings. The van der Waals surface area contributed by atoms with Crippen LogP contribution in [0.2, 0.25) is 0 Å². The summed E-state index contributed by atoms with van der Waals surface area (Å²) in [5.41, 5.74) is 1.09. The van der Waals surface area contributed by atoms with Crippen LogP contribution in [0.5, 0.6) is 11.8 Å². The molecule has 0 aliphatic rings. The standard InChI is InChI=1S/C12H14N2O2/c1-14-8-7-13-12(14)16-11-4-2-10(3-5-11)6-9-15/h2-5,7-8,15H,6,9H2,1H3. The first-order valence-electron chi connectivity index (χ1n) is 5.14. The molecule has 1 aromatic heterocycles. The Balaban J connectivity index is 2.08. The molecule has 1 heterocycles. The zero-order valence-corrected chi connectivity index (χ0v) is 9.13. The Morgan fingerprint density at radius 2 is 2.06 bits per heavy atom. The van der Waals surface area contributed by atoms with Gasteiger partial charge in [0.1, 0.15) is 5.75 Å². The van der Waals surface area contributed by atoms with Gasteiger partial charge in [-0.1, -0.05) is 12.1 Å². The molecule has 0 unspecified atom stereocenters. The number of benzene rings is 1. The minimum atomic E-state index is 0.166. The number of aliphatic hydroxyl groups excluding tert-OH is 1. The van der Waals surface area contributed by atoms with E-state index in [0.29, 0.717) is 12.4 Å². The maximum Gasteiger partial charge on any atom is 0.301 e. The van der Waals surface area contributed by atoms with Gasteiger partial charge in [-0.25, -0.2) is 4.98 Å². The number of aryl methyl sites for hydroxylation is 1. The molecule has 0 atom stereocenters. The van der Waals surface area contributed by atoms with E-state index in [2.05, 4.69) is 4.98 Å². The van der Waals surface area contributed by atoms with Crippen LogP contribution in [0.4, 0.5) is 0 Å². The SMILES string of the molecule is Cn1ccnc1Oc1ccc(CCO)cc1. The van der Waals surface area contributed by atoms with Crippen molar-refractivity contribution < 1.29 is 9.84 Å². The Kier molecular flexibility index (Phi) is 3.22. The smallest absolute Gasteiger partial charge is 0.301 e. The van der Waals surface area contributed by atoms with E-state index in [1.165, 1.54) is 0 Å². The van der Waals surface area contributed by atoms with Gasteiger partial charge in [0, 0.05) is 26.0 Å². The summed E-state index contributed by atoms with van der Waals surface area (Å²) in [4.78, 5) is 4.07. The van der Waals surface area contributed by atoms with Gasteiger partial charge in [0.25, 0.3) is 0 Å². The molecule has 0 aliphatic carbocycles. The number of hydrogen-bond donors (Lipinski definition) is 1. The number of ether oxygens (including phenoxy) is 1. The van der Waals surface area contributed by atoms with E-state index in [-0.39, 0.29) is 6.61 Å². The second kappa shape index (κ2) is 4.81. The molecule has 0 saturated carbocycles. The maximum atomic E-state index is 8.79. The van der Waals surface area contributed by atoms with Crippen molar-refractivity contribution in [2.24, 2.45) is 7.05 Å². The first-order chi connectivity index (χ1) is 7.79. The van der Waals surface area contributed by atoms with Crippen molar-refractivity contribution in [2.45, 2.75) is 6.42 Å². The molecule has 1 N–H and O–H groups in total. The number of hydrogen-bond acceptors (Lipinski definition) is 3. The number of rotatable bonds is 4. The third-order valence-electron chi connectivity index (χ3n) is 2.31. The normalized spacial score (nSPS) is 10.4. The molecule has 84 valence electrons. The van der Waals surface area contributed by atoms with Crippen LogP contribution in [0.25, 0.3) is 0 Å². The monoisotopic (exact) mass is 218 g/mol. The van der Waals surface area contributed by atoms with Crippen molar-refractivity contribution >= 4 is 0 Å². The van der Waals surface area contributed by atoms with Crippen molar-refractivity contribution in [3.63, 3.8) is 0 Å². The molecule has 0 aliphatic heterocycles. The number of aromatic nitrogens is 2. The summed E-state index contributed by atoms with van der Waals surface area (Å²) in [6, 6.07) is 8.19. The van der Waals surface area contributed by atoms with Crippen LogP contribution in [0, 0.1) is 0 Å². The molecular formula is C12H14N2O2. The number of aliphatic hydroxyl groups is 1. The fourth-order valence-electron chi connectivity index (χ4n) is 1.41. The van der Waals surface area contributed by atoms with Crippen molar-refractivity contribution in [1.82, 2.24) is 9.55 Å². The molecular weight excluding hydrogens is 204 g/mol. The Bertz CT molecular complexity index is 448. The molecule has 16 heavy (non-hydrogen) atoms. The highest BCUT2D eigenvalue weighted by Gasteiger charge is 2.01. The zero-order chi connectivity index (χ0) is 11.4. The quantitative estimate of drug-likeness (QED) is 0.850. The lowest BCUT2D eigenvalue weighted by molar-refractivity contribution is 0.299. The fourth-order valence-corrected chi connectivity index (χ4v) is 1.41. The average Bonchev–Trinajstić information content (AvgIpc) is 2.68. The minimum Gasteiger partial charge on any atom is -0.426 e. The molecule has 1 aromatic carbocycles. The molecule has 0 bridgehead atoms. The van der Waals surface area contributed by atoms with Crippen molar-refractivity contribution in [2.75, 3.05) is 6.61 Å². The predicted molar refractivity (Wildman–Crippen MR) is 60.5 cm³/mol. The third kappa shape index (κ3) is 2.41. The third-order valence-corrected chi connectivity index (χ3v) is 2.31. The van der Waals surface area contributed by atoms with E-state index in [1.807, 2.05) is 42.1 Å². The molecule has 2 rings (SSSR count). The summed E-state index contributed by atoms with van der Waals surface area (Å²) in [7, 11) is 1.88. The van der Waals surface area contributed by atoms with Crippen LogP contribution >= 0.6 is 0 Å². The molecule has 2 aromatic rings. The highest BCUT2D eigenvalue weighted by atomic mass is 16.5. The lowest BCUT2D eigenvalue weighted by Crippen LogP contribution is -1.94. The maximum absolute atomic E-state index is 8.79. The summed E-state index contributed by atoms with van der Waals surface area (Å²) >= 11 is 0. The van der Waals surface area contributed by atoms with Crippen LogP contribution in [0.15, 0.2) is 36.7 Å². The van der Waals surface area contributed by atoms with Crippen LogP contribution < -0.4 is 4.74 Å². The van der Waals surface area contributed by atoms with E-state index in [9.17, 15) is 0 Å². The fraction of sp³-hybridized carbons (Fsp3) is 0.250. The van der Waals surface area contributed by atoms with E-state index in [0.717, 1.165) is 11.3 Å². The first-order valence-corrected chi connectivity index (χ1v) is 5.14. The minimum absolute atomic E-state index is 0.166. The summed E-state index contributed by atoms with van der Waals surface area (Å²) in [6.45, 7) is 0.166. The largest absolute Gasteiger partial charge is 0.426 e. The topological polar surface area (TPSA) is 47.3 Å². The number of nitrogens with zero attached hydrogens (tertiary/aromatic N) is 2. The summed E-state index contributed by atoms with van der Waals surface area (Å²) in [5, 5.41) is 8.79. The van der Waals surface area contributed by atoms with Gasteiger partial charge in [-0.2, -0.15) is 0 Å². The van der Waals surface area contributed by atoms with Gasteiger partial charge >= 0.3 is 6.01 Å². The Morgan fingerprint density at radius 3 is 2.62 bits per heavy atom. The van der Waals surface area contributed by atoms with Crippen LogP contribution in [-0.2, 0) is 13.5 Å². The summed E-state index contributed by atoms with van der Waals surface area (Å²) in [6.07, 6.45) is 4.19. The van der Waals surface area contributed by atoms with E-state index >= 15 is 0 Å². The predicted octanol–water partition coefficient (Wildman–Crippen LogP) is 1.75. The average molecular weight is 218 g/mol. The molecule has 0 saturated heterocycles. The van der Waals surface area contributed by atoms with Gasteiger partial charge in [-0.15, -0.1) is 0 Å². The number of imidazole rings is 1. The van der Waals surface area contributed by atoms with Gasteiger partial charge in [-0.05, 0) is 24.1 Å². The molecule has 4 nitrogen and oxygen atoms in total. The van der Waals surface area contributed by atoms with Gasteiger partial charge in [-0.3, -0.25) is 0 Å². The van der Waals surface area contributed by atoms with Crippen molar-refractivity contribution in [3.05, 3.63) is 42.2 Å². The Hall–Kier alpha value is -1.81. The van der Waals surface area contributed by atoms with Gasteiger partial charge in [0.05, 0.1) is 0 Å². The summed E-state index contributed by atoms with van der Waals surface area (Å²) in [5.74, 6) is 0.746. The van der Waals surface area contributed by atoms with Crippen LogP contribution in [0.1, 0.15) is 5.56 Å². The van der Waals surface area contributed by atoms with E-state index in [4.69, 9.17) is 9.84 Å². The zero-order valence-electron chi connectivity index (χ0n) is 9.13. The molecule has 0 amide bonds. The van der Waals surface area contributed by atoms with Crippen LogP contribution in [-0.4, -0.2) is 21.3 Å². The second-order valence-corrected chi connectivity index (χ2v) is 3.54. The highest BCUT2D eigenvalue weighted by molar-refractivity contribution is 5.29. The lowest BCUT2D eigenvalue weighted by Gasteiger charge is -2.05. The second-order valence-electron chi connectivity index (χ2n) is 3.54. The van der Waals surface area contributed by atoms with Gasteiger partial charge < -0.3 is 14.4 Å². The molecule has 0 radical (unpaired) electrons. The highest BCUT2D eigenvalue weighted by Crippen LogP contribution is 2.19. The summed E-state index contributed by atoms with van der Waals surface area (Å²) < 4.78 is 7.38. The first kappa shape index (κ1) is 10.7. The van der Waals surface area contributed by atoms with E-state index in [1.54, 1.807) is 6.20 Å². The Morgan fingerprint density at radius 1 is 1.31 bits per heavy atom. The van der Waals surface area contributed by atoms with Crippen molar-refractivity contribution in [1.29, 1.82) is 0 Å². The van der Waals surface area contributed by atoms with Crippen molar-refractivity contribution in [3.8, 4) is 11.8 Å². The Labute approximate surface area is 94.1 Å². The lowest BCUT2D eigenvalue weighted by atomic mass is 10.1. The van der Waals surface area contributed by atoms with E-state index < -0.39 is 0 Å². The molecule has 0 spiro atoms.